The van der Waals surface area contributed by atoms with Gasteiger partial charge in [-0.05, 0) is 134 Å². The number of para-hydroxylation sites is 2. The molecule has 12 aromatic carbocycles. The van der Waals surface area contributed by atoms with Gasteiger partial charge in [-0.25, -0.2) is 0 Å². The van der Waals surface area contributed by atoms with E-state index in [4.69, 9.17) is 0 Å². The van der Waals surface area contributed by atoms with Crippen LogP contribution in [-0.4, -0.2) is 4.57 Å². The van der Waals surface area contributed by atoms with Crippen LogP contribution in [0.4, 0.5) is 17.1 Å². The largest absolute Gasteiger partial charge is 0.310 e. The second kappa shape index (κ2) is 17.8. The van der Waals surface area contributed by atoms with Crippen molar-refractivity contribution in [1.29, 1.82) is 0 Å². The van der Waals surface area contributed by atoms with E-state index < -0.39 is 0 Å². The Labute approximate surface area is 428 Å². The number of hydrogen-bond acceptors (Lipinski definition) is 2. The first kappa shape index (κ1) is 42.6. The van der Waals surface area contributed by atoms with Crippen LogP contribution in [0.1, 0.15) is 0 Å². The van der Waals surface area contributed by atoms with E-state index in [1.807, 2.05) is 11.3 Å². The molecule has 2 aromatic heterocycles. The van der Waals surface area contributed by atoms with Crippen LogP contribution < -0.4 is 4.90 Å². The number of anilines is 3. The fraction of sp³-hybridized carbons (Fsp3) is 0. The van der Waals surface area contributed by atoms with Crippen molar-refractivity contribution >= 4 is 81.1 Å². The molecular formula is C70H46N2S. The van der Waals surface area contributed by atoms with Gasteiger partial charge in [0.05, 0.1) is 16.7 Å². The number of benzene rings is 12. The molecule has 3 heteroatoms. The van der Waals surface area contributed by atoms with E-state index in [0.717, 1.165) is 28.2 Å². The van der Waals surface area contributed by atoms with E-state index in [1.165, 1.54) is 103 Å². The van der Waals surface area contributed by atoms with Crippen molar-refractivity contribution in [3.63, 3.8) is 0 Å². The van der Waals surface area contributed by atoms with Crippen molar-refractivity contribution in [1.82, 2.24) is 4.57 Å². The first-order valence-corrected chi connectivity index (χ1v) is 25.8. The van der Waals surface area contributed by atoms with Gasteiger partial charge in [0.1, 0.15) is 0 Å². The van der Waals surface area contributed by atoms with Gasteiger partial charge in [0.25, 0.3) is 0 Å². The standard InChI is InChI=1S/C70H46N2S/c1-2-15-47(16-3-1)49-35-39-55(40-36-49)71(56-41-37-50(38-42-56)48-31-33-52(34-32-48)59-25-13-18-51-17-4-5-21-58(51)59)65-27-9-6-22-60(65)53-19-12-20-54(45-53)61-26-14-29-67-70(61)63-24-7-10-28-66(63)72(67)57-43-44-69-64(46-57)62-23-8-11-30-68(62)73-69/h1-46H. The number of rotatable bonds is 9. The molecule has 14 rings (SSSR count). The Morgan fingerprint density at radius 1 is 0.288 bits per heavy atom. The zero-order valence-corrected chi connectivity index (χ0v) is 40.7. The smallest absolute Gasteiger partial charge is 0.0547 e. The van der Waals surface area contributed by atoms with E-state index in [0.29, 0.717) is 0 Å². The molecule has 0 unspecified atom stereocenters. The topological polar surface area (TPSA) is 8.17 Å². The highest BCUT2D eigenvalue weighted by Gasteiger charge is 2.21. The van der Waals surface area contributed by atoms with Gasteiger partial charge >= 0.3 is 0 Å². The maximum Gasteiger partial charge on any atom is 0.0547 e. The molecule has 0 aliphatic heterocycles. The average Bonchev–Trinajstić information content (AvgIpc) is 4.02. The van der Waals surface area contributed by atoms with Gasteiger partial charge in [0.2, 0.25) is 0 Å². The molecule has 0 spiro atoms. The van der Waals surface area contributed by atoms with Crippen molar-refractivity contribution < 1.29 is 0 Å². The SMILES string of the molecule is c1ccc(-c2ccc(N(c3ccc(-c4ccc(-c5cccc6ccccc56)cc4)cc3)c3ccccc3-c3cccc(-c4cccc5c4c4ccccc4n5-c4ccc5sc6ccccc6c5c4)c3)cc2)cc1. The first-order valence-electron chi connectivity index (χ1n) is 25.0. The highest BCUT2D eigenvalue weighted by atomic mass is 32.1. The molecule has 0 radical (unpaired) electrons. The highest BCUT2D eigenvalue weighted by Crippen LogP contribution is 2.45. The van der Waals surface area contributed by atoms with Crippen LogP contribution in [0.3, 0.4) is 0 Å². The Morgan fingerprint density at radius 2 is 0.795 bits per heavy atom. The van der Waals surface area contributed by atoms with E-state index >= 15 is 0 Å². The number of nitrogens with zero attached hydrogens (tertiary/aromatic N) is 2. The molecule has 0 atom stereocenters. The predicted molar refractivity (Wildman–Crippen MR) is 313 cm³/mol. The molecule has 73 heavy (non-hydrogen) atoms. The van der Waals surface area contributed by atoms with E-state index in [1.54, 1.807) is 0 Å². The lowest BCUT2D eigenvalue weighted by molar-refractivity contribution is 1.19. The molecule has 2 nitrogen and oxygen atoms in total. The molecule has 0 aliphatic carbocycles. The molecule has 14 aromatic rings. The first-order chi connectivity index (χ1) is 36.2. The summed E-state index contributed by atoms with van der Waals surface area (Å²) in [7, 11) is 0. The third-order valence-corrected chi connectivity index (χ3v) is 15.8. The van der Waals surface area contributed by atoms with Gasteiger partial charge in [-0.15, -0.1) is 11.3 Å². The molecule has 342 valence electrons. The Hall–Kier alpha value is -9.28. The summed E-state index contributed by atoms with van der Waals surface area (Å²) in [4.78, 5) is 2.41. The Balaban J connectivity index is 0.862. The molecule has 0 saturated carbocycles. The second-order valence-corrected chi connectivity index (χ2v) is 19.9. The quantitative estimate of drug-likeness (QED) is 0.140. The minimum Gasteiger partial charge on any atom is -0.310 e. The van der Waals surface area contributed by atoms with Gasteiger partial charge in [-0.1, -0.05) is 206 Å². The summed E-state index contributed by atoms with van der Waals surface area (Å²) in [5.41, 5.74) is 18.7. The number of hydrogen-bond donors (Lipinski definition) is 0. The van der Waals surface area contributed by atoms with Crippen LogP contribution in [0.5, 0.6) is 0 Å². The van der Waals surface area contributed by atoms with Gasteiger partial charge in [-0.3, -0.25) is 0 Å². The molecule has 0 bridgehead atoms. The van der Waals surface area contributed by atoms with Crippen molar-refractivity contribution in [2.24, 2.45) is 0 Å². The van der Waals surface area contributed by atoms with Crippen LogP contribution in [0, 0.1) is 0 Å². The summed E-state index contributed by atoms with van der Waals surface area (Å²) in [5, 5.41) is 7.62. The van der Waals surface area contributed by atoms with Gasteiger partial charge in [0, 0.05) is 53.6 Å². The van der Waals surface area contributed by atoms with Crippen molar-refractivity contribution in [3.8, 4) is 61.3 Å². The summed E-state index contributed by atoms with van der Waals surface area (Å²) in [5.74, 6) is 0. The van der Waals surface area contributed by atoms with Gasteiger partial charge in [-0.2, -0.15) is 0 Å². The van der Waals surface area contributed by atoms with E-state index in [2.05, 4.69) is 289 Å². The number of fused-ring (bicyclic) bond motifs is 7. The zero-order chi connectivity index (χ0) is 48.2. The summed E-state index contributed by atoms with van der Waals surface area (Å²) < 4.78 is 5.08. The van der Waals surface area contributed by atoms with E-state index in [-0.39, 0.29) is 0 Å². The maximum absolute atomic E-state index is 2.45. The molecule has 0 fully saturated rings. The summed E-state index contributed by atoms with van der Waals surface area (Å²) in [6.07, 6.45) is 0. The van der Waals surface area contributed by atoms with Crippen LogP contribution in [-0.2, 0) is 0 Å². The molecule has 0 saturated heterocycles. The number of aromatic nitrogens is 1. The molecule has 0 aliphatic rings. The average molecular weight is 947 g/mol. The lowest BCUT2D eigenvalue weighted by Crippen LogP contribution is -2.11. The Kier molecular flexibility index (Phi) is 10.4. The van der Waals surface area contributed by atoms with Crippen LogP contribution in [0.15, 0.2) is 279 Å². The monoisotopic (exact) mass is 946 g/mol. The fourth-order valence-corrected chi connectivity index (χ4v) is 12.2. The number of thiophene rings is 1. The predicted octanol–water partition coefficient (Wildman–Crippen LogP) is 20.1. The molecule has 0 amide bonds. The van der Waals surface area contributed by atoms with Crippen molar-refractivity contribution in [2.75, 3.05) is 4.90 Å². The van der Waals surface area contributed by atoms with Crippen molar-refractivity contribution in [3.05, 3.63) is 279 Å². The zero-order valence-electron chi connectivity index (χ0n) is 39.9. The summed E-state index contributed by atoms with van der Waals surface area (Å²) in [6, 6.07) is 102. The molecule has 2 heterocycles. The van der Waals surface area contributed by atoms with Crippen molar-refractivity contribution in [2.45, 2.75) is 0 Å². The minimum absolute atomic E-state index is 1.08. The normalized spacial score (nSPS) is 11.6. The lowest BCUT2D eigenvalue weighted by Gasteiger charge is -2.28. The van der Waals surface area contributed by atoms with Crippen LogP contribution in [0.2, 0.25) is 0 Å². The second-order valence-electron chi connectivity index (χ2n) is 18.8. The van der Waals surface area contributed by atoms with Gasteiger partial charge in [0.15, 0.2) is 0 Å². The minimum atomic E-state index is 1.08. The fourth-order valence-electron chi connectivity index (χ4n) is 11.1. The van der Waals surface area contributed by atoms with Gasteiger partial charge < -0.3 is 9.47 Å². The molecule has 0 N–H and O–H groups in total. The Bertz CT molecular complexity index is 4350. The summed E-state index contributed by atoms with van der Waals surface area (Å²) >= 11 is 1.86. The molecular weight excluding hydrogens is 901 g/mol. The van der Waals surface area contributed by atoms with Crippen LogP contribution in [0.25, 0.3) is 114 Å². The third kappa shape index (κ3) is 7.49. The van der Waals surface area contributed by atoms with E-state index in [9.17, 15) is 0 Å². The summed E-state index contributed by atoms with van der Waals surface area (Å²) in [6.45, 7) is 0. The Morgan fingerprint density at radius 3 is 1.58 bits per heavy atom. The maximum atomic E-state index is 2.45. The van der Waals surface area contributed by atoms with Crippen LogP contribution >= 0.6 is 11.3 Å². The highest BCUT2D eigenvalue weighted by molar-refractivity contribution is 7.25. The third-order valence-electron chi connectivity index (χ3n) is 14.6. The lowest BCUT2D eigenvalue weighted by atomic mass is 9.94.